The van der Waals surface area contributed by atoms with Crippen molar-refractivity contribution in [1.82, 2.24) is 4.90 Å². The SMILES string of the molecule is COc1cc2c(c(F)c1OC1CC(F)(F)C1)CCN1C[C@@H](OC(C)(C)C)[C@H](O)C[C@H]21. The fraction of sp³-hybridized carbons (Fsp3) is 0.727. The van der Waals surface area contributed by atoms with E-state index in [-0.39, 0.29) is 29.2 Å². The first-order chi connectivity index (χ1) is 14.0. The number of methoxy groups -OCH3 is 1. The molecule has 168 valence electrons. The maximum Gasteiger partial charge on any atom is 0.255 e. The van der Waals surface area contributed by atoms with Crippen molar-refractivity contribution >= 4 is 0 Å². The minimum atomic E-state index is -2.74. The number of ether oxygens (including phenoxy) is 3. The second-order valence-electron chi connectivity index (χ2n) is 9.63. The van der Waals surface area contributed by atoms with Crippen LogP contribution in [0.2, 0.25) is 0 Å². The van der Waals surface area contributed by atoms with Crippen LogP contribution >= 0.6 is 0 Å². The molecule has 2 fully saturated rings. The molecule has 2 aliphatic heterocycles. The Morgan fingerprint density at radius 1 is 1.23 bits per heavy atom. The van der Waals surface area contributed by atoms with Gasteiger partial charge in [-0.3, -0.25) is 4.90 Å². The fourth-order valence-corrected chi connectivity index (χ4v) is 4.74. The second-order valence-corrected chi connectivity index (χ2v) is 9.63. The molecule has 3 atom stereocenters. The van der Waals surface area contributed by atoms with Gasteiger partial charge in [0.15, 0.2) is 17.3 Å². The molecule has 30 heavy (non-hydrogen) atoms. The molecule has 5 nitrogen and oxygen atoms in total. The summed E-state index contributed by atoms with van der Waals surface area (Å²) >= 11 is 0. The standard InChI is InChI=1S/C22H30F3NO4/c1-21(2,3)30-18-11-26-6-5-13-14(15(26)8-16(18)27)7-17(28-4)20(19(13)23)29-12-9-22(24,25)10-12/h7,12,15-16,18,27H,5-6,8-11H2,1-4H3/t15-,16-,18-/m1/s1. The number of halogens is 3. The van der Waals surface area contributed by atoms with E-state index in [1.165, 1.54) is 7.11 Å². The maximum absolute atomic E-state index is 15.4. The van der Waals surface area contributed by atoms with Gasteiger partial charge in [0.2, 0.25) is 0 Å². The molecule has 1 aromatic carbocycles. The Hall–Kier alpha value is -1.51. The zero-order valence-electron chi connectivity index (χ0n) is 17.9. The molecule has 0 radical (unpaired) electrons. The van der Waals surface area contributed by atoms with Crippen LogP contribution in [0.15, 0.2) is 6.07 Å². The van der Waals surface area contributed by atoms with E-state index in [9.17, 15) is 13.9 Å². The van der Waals surface area contributed by atoms with Crippen LogP contribution in [0, 0.1) is 5.82 Å². The predicted octanol–water partition coefficient (Wildman–Crippen LogP) is 3.86. The minimum Gasteiger partial charge on any atom is -0.493 e. The first kappa shape index (κ1) is 21.7. The topological polar surface area (TPSA) is 51.2 Å². The highest BCUT2D eigenvalue weighted by Gasteiger charge is 2.48. The smallest absolute Gasteiger partial charge is 0.255 e. The highest BCUT2D eigenvalue weighted by Crippen LogP contribution is 2.47. The first-order valence-corrected chi connectivity index (χ1v) is 10.5. The number of benzene rings is 1. The van der Waals surface area contributed by atoms with E-state index < -0.39 is 36.8 Å². The summed E-state index contributed by atoms with van der Waals surface area (Å²) in [6.07, 6.45) is -1.62. The molecule has 0 bridgehead atoms. The van der Waals surface area contributed by atoms with Crippen molar-refractivity contribution in [3.63, 3.8) is 0 Å². The van der Waals surface area contributed by atoms with Crippen LogP contribution in [0.3, 0.4) is 0 Å². The quantitative estimate of drug-likeness (QED) is 0.788. The number of hydrogen-bond acceptors (Lipinski definition) is 5. The maximum atomic E-state index is 15.4. The number of aliphatic hydroxyl groups is 1. The minimum absolute atomic E-state index is 0.0875. The first-order valence-electron chi connectivity index (χ1n) is 10.5. The van der Waals surface area contributed by atoms with E-state index >= 15 is 4.39 Å². The van der Waals surface area contributed by atoms with Crippen LogP contribution in [-0.4, -0.2) is 60.0 Å². The lowest BCUT2D eigenvalue weighted by Crippen LogP contribution is -2.53. The van der Waals surface area contributed by atoms with E-state index in [1.807, 2.05) is 20.8 Å². The molecule has 1 saturated heterocycles. The number of hydrogen-bond donors (Lipinski definition) is 1. The van der Waals surface area contributed by atoms with Crippen molar-refractivity contribution in [2.75, 3.05) is 20.2 Å². The summed E-state index contributed by atoms with van der Waals surface area (Å²) in [4.78, 5) is 2.21. The third-order valence-corrected chi connectivity index (χ3v) is 6.14. The lowest BCUT2D eigenvalue weighted by molar-refractivity contribution is -0.149. The van der Waals surface area contributed by atoms with Crippen LogP contribution in [0.25, 0.3) is 0 Å². The van der Waals surface area contributed by atoms with Gasteiger partial charge in [-0.1, -0.05) is 0 Å². The molecule has 2 heterocycles. The van der Waals surface area contributed by atoms with Crippen LogP contribution in [0.1, 0.15) is 57.2 Å². The summed E-state index contributed by atoms with van der Waals surface area (Å²) in [5, 5.41) is 10.7. The molecule has 0 amide bonds. The Morgan fingerprint density at radius 3 is 2.53 bits per heavy atom. The summed E-state index contributed by atoms with van der Waals surface area (Å²) < 4.78 is 58.6. The van der Waals surface area contributed by atoms with Crippen molar-refractivity contribution in [3.8, 4) is 11.5 Å². The molecular weight excluding hydrogens is 399 g/mol. The average molecular weight is 429 g/mol. The van der Waals surface area contributed by atoms with Crippen molar-refractivity contribution in [1.29, 1.82) is 0 Å². The molecule has 0 unspecified atom stereocenters. The predicted molar refractivity (Wildman–Crippen MR) is 105 cm³/mol. The Labute approximate surface area is 175 Å². The molecule has 1 N–H and O–H groups in total. The number of fused-ring (bicyclic) bond motifs is 3. The number of nitrogens with zero attached hydrogens (tertiary/aromatic N) is 1. The number of piperidine rings is 1. The number of aliphatic hydroxyl groups excluding tert-OH is 1. The van der Waals surface area contributed by atoms with Crippen molar-refractivity contribution in [2.45, 2.75) is 82.3 Å². The van der Waals surface area contributed by atoms with Gasteiger partial charge in [0.25, 0.3) is 5.92 Å². The van der Waals surface area contributed by atoms with Gasteiger partial charge in [-0.15, -0.1) is 0 Å². The molecule has 4 rings (SSSR count). The molecule has 3 aliphatic rings. The monoisotopic (exact) mass is 429 g/mol. The van der Waals surface area contributed by atoms with Gasteiger partial charge in [-0.2, -0.15) is 0 Å². The number of alkyl halides is 2. The van der Waals surface area contributed by atoms with Crippen molar-refractivity contribution in [2.24, 2.45) is 0 Å². The Kier molecular flexibility index (Phi) is 5.48. The molecule has 1 aliphatic carbocycles. The third kappa shape index (κ3) is 4.14. The Bertz CT molecular complexity index is 803. The van der Waals surface area contributed by atoms with Gasteiger partial charge < -0.3 is 19.3 Å². The van der Waals surface area contributed by atoms with E-state index in [0.717, 1.165) is 5.56 Å². The molecule has 1 aromatic rings. The zero-order chi connectivity index (χ0) is 21.8. The van der Waals surface area contributed by atoms with Gasteiger partial charge >= 0.3 is 0 Å². The van der Waals surface area contributed by atoms with Crippen molar-refractivity contribution < 1.29 is 32.5 Å². The Morgan fingerprint density at radius 2 is 1.93 bits per heavy atom. The van der Waals surface area contributed by atoms with E-state index in [1.54, 1.807) is 6.07 Å². The molecule has 0 spiro atoms. The third-order valence-electron chi connectivity index (χ3n) is 6.14. The van der Waals surface area contributed by atoms with E-state index in [0.29, 0.717) is 31.5 Å². The lowest BCUT2D eigenvalue weighted by atomic mass is 9.84. The largest absolute Gasteiger partial charge is 0.493 e. The highest BCUT2D eigenvalue weighted by molar-refractivity contribution is 5.51. The molecule has 1 saturated carbocycles. The summed E-state index contributed by atoms with van der Waals surface area (Å²) in [6.45, 7) is 7.05. The Balaban J connectivity index is 1.58. The lowest BCUT2D eigenvalue weighted by Gasteiger charge is -2.47. The van der Waals surface area contributed by atoms with Gasteiger partial charge in [0, 0.05) is 32.0 Å². The molecule has 8 heteroatoms. The summed E-state index contributed by atoms with van der Waals surface area (Å²) in [7, 11) is 1.41. The van der Waals surface area contributed by atoms with Gasteiger partial charge in [-0.25, -0.2) is 13.2 Å². The van der Waals surface area contributed by atoms with Crippen LogP contribution < -0.4 is 9.47 Å². The summed E-state index contributed by atoms with van der Waals surface area (Å²) in [5.41, 5.74) is 0.905. The van der Waals surface area contributed by atoms with Gasteiger partial charge in [-0.05, 0) is 50.8 Å². The van der Waals surface area contributed by atoms with E-state index in [4.69, 9.17) is 14.2 Å². The second kappa shape index (κ2) is 7.57. The van der Waals surface area contributed by atoms with Crippen molar-refractivity contribution in [3.05, 3.63) is 23.0 Å². The average Bonchev–Trinajstić information content (AvgIpc) is 2.61. The fourth-order valence-electron chi connectivity index (χ4n) is 4.74. The summed E-state index contributed by atoms with van der Waals surface area (Å²) in [6, 6.07) is 1.58. The van der Waals surface area contributed by atoms with E-state index in [2.05, 4.69) is 4.90 Å². The van der Waals surface area contributed by atoms with Crippen LogP contribution in [0.4, 0.5) is 13.2 Å². The number of rotatable bonds is 4. The van der Waals surface area contributed by atoms with Gasteiger partial charge in [0.05, 0.1) is 24.9 Å². The zero-order valence-corrected chi connectivity index (χ0v) is 17.9. The highest BCUT2D eigenvalue weighted by atomic mass is 19.3. The van der Waals surface area contributed by atoms with Gasteiger partial charge in [0.1, 0.15) is 6.10 Å². The normalized spacial score (nSPS) is 29.0. The molecular formula is C22H30F3NO4. The van der Waals surface area contributed by atoms with Crippen LogP contribution in [-0.2, 0) is 11.2 Å². The van der Waals surface area contributed by atoms with Crippen LogP contribution in [0.5, 0.6) is 11.5 Å². The summed E-state index contributed by atoms with van der Waals surface area (Å²) in [5.74, 6) is -3.17. The molecule has 0 aromatic heterocycles.